The van der Waals surface area contributed by atoms with Gasteiger partial charge in [-0.25, -0.2) is 0 Å². The number of aliphatic hydroxyl groups excluding tert-OH is 2. The Hall–Kier alpha value is -0.640. The molecule has 3 N–H and O–H groups in total. The predicted octanol–water partition coefficient (Wildman–Crippen LogP) is 6.42. The summed E-state index contributed by atoms with van der Waals surface area (Å²) in [5.41, 5.74) is 1.17. The van der Waals surface area contributed by atoms with Crippen molar-refractivity contribution in [2.24, 2.45) is 28.6 Å². The van der Waals surface area contributed by atoms with E-state index in [0.29, 0.717) is 42.4 Å². The minimum absolute atomic E-state index is 0.236. The number of aliphatic hydroxyl groups is 3. The van der Waals surface area contributed by atoms with E-state index >= 15 is 0 Å². The Kier molecular flexibility index (Phi) is 9.04. The molecule has 2 aliphatic rings. The van der Waals surface area contributed by atoms with Crippen LogP contribution in [0, 0.1) is 28.6 Å². The summed E-state index contributed by atoms with van der Waals surface area (Å²) < 4.78 is 0. The normalized spacial score (nSPS) is 33.6. The monoisotopic (exact) mass is 434 g/mol. The SMILES string of the molecule is CC(CCCC(C)(C)O)C[C@H](C)[C@@]1(C)CC[C@@H](/C=C/C=C2C[C@@H](O)C[C@H](O)C2)C1(C)C. The molecule has 3 nitrogen and oxygen atoms in total. The maximum Gasteiger partial charge on any atom is 0.0602 e. The molecule has 31 heavy (non-hydrogen) atoms. The lowest BCUT2D eigenvalue weighted by molar-refractivity contribution is 0.0321. The molecule has 2 aliphatic carbocycles. The lowest BCUT2D eigenvalue weighted by atomic mass is 9.58. The van der Waals surface area contributed by atoms with Crippen molar-refractivity contribution < 1.29 is 15.3 Å². The molecule has 0 aliphatic heterocycles. The molecule has 0 amide bonds. The molecular weight excluding hydrogens is 384 g/mol. The highest BCUT2D eigenvalue weighted by Crippen LogP contribution is 2.61. The number of hydrogen-bond donors (Lipinski definition) is 3. The average molecular weight is 435 g/mol. The van der Waals surface area contributed by atoms with Gasteiger partial charge in [-0.2, -0.15) is 0 Å². The van der Waals surface area contributed by atoms with E-state index in [1.54, 1.807) is 0 Å². The van der Waals surface area contributed by atoms with Gasteiger partial charge in [-0.15, -0.1) is 0 Å². The van der Waals surface area contributed by atoms with Gasteiger partial charge in [0.1, 0.15) is 0 Å². The molecule has 0 saturated heterocycles. The molecule has 0 aromatic carbocycles. The molecule has 0 aromatic heterocycles. The van der Waals surface area contributed by atoms with Gasteiger partial charge in [0.25, 0.3) is 0 Å². The third-order valence-corrected chi connectivity index (χ3v) is 8.92. The molecule has 3 heteroatoms. The van der Waals surface area contributed by atoms with Gasteiger partial charge in [0, 0.05) is 0 Å². The molecule has 0 radical (unpaired) electrons. The quantitative estimate of drug-likeness (QED) is 0.392. The molecule has 2 rings (SSSR count). The van der Waals surface area contributed by atoms with Crippen LogP contribution in [0.3, 0.4) is 0 Å². The summed E-state index contributed by atoms with van der Waals surface area (Å²) in [5.74, 6) is 1.91. The largest absolute Gasteiger partial charge is 0.393 e. The topological polar surface area (TPSA) is 60.7 Å². The maximum absolute atomic E-state index is 9.97. The summed E-state index contributed by atoms with van der Waals surface area (Å²) in [6.45, 7) is 16.0. The van der Waals surface area contributed by atoms with Gasteiger partial charge < -0.3 is 15.3 Å². The Morgan fingerprint density at radius 2 is 1.71 bits per heavy atom. The Bertz CT molecular complexity index is 615. The summed E-state index contributed by atoms with van der Waals surface area (Å²) in [6, 6.07) is 0. The van der Waals surface area contributed by atoms with Crippen LogP contribution in [-0.2, 0) is 0 Å². The van der Waals surface area contributed by atoms with Crippen molar-refractivity contribution >= 4 is 0 Å². The highest BCUT2D eigenvalue weighted by atomic mass is 16.3. The molecule has 0 aromatic rings. The Morgan fingerprint density at radius 3 is 2.29 bits per heavy atom. The fourth-order valence-electron chi connectivity index (χ4n) is 6.28. The average Bonchev–Trinajstić information content (AvgIpc) is 2.84. The standard InChI is InChI=1S/C28H50O3/c1-20(10-9-14-26(3,4)31)16-21(2)28(7)15-13-23(27(28,5)6)12-8-11-22-17-24(29)19-25(30)18-22/h8,11-12,20-21,23-25,29-31H,9-10,13-19H2,1-7H3/b12-8+/t20?,21-,23+,24+,25+,28+/m0/s1. The van der Waals surface area contributed by atoms with Crippen molar-refractivity contribution in [2.45, 2.75) is 124 Å². The van der Waals surface area contributed by atoms with E-state index in [4.69, 9.17) is 0 Å². The van der Waals surface area contributed by atoms with Crippen LogP contribution in [-0.4, -0.2) is 33.1 Å². The first kappa shape index (κ1) is 26.6. The molecule has 2 saturated carbocycles. The summed E-state index contributed by atoms with van der Waals surface area (Å²) in [7, 11) is 0. The molecule has 0 heterocycles. The zero-order valence-electron chi connectivity index (χ0n) is 21.3. The van der Waals surface area contributed by atoms with Crippen LogP contribution in [0.1, 0.15) is 106 Å². The molecule has 2 fully saturated rings. The number of hydrogen-bond acceptors (Lipinski definition) is 3. The minimum Gasteiger partial charge on any atom is -0.393 e. The lowest BCUT2D eigenvalue weighted by Crippen LogP contribution is -2.39. The molecule has 1 unspecified atom stereocenters. The van der Waals surface area contributed by atoms with Gasteiger partial charge in [0.15, 0.2) is 0 Å². The second-order valence-electron chi connectivity index (χ2n) is 12.4. The first-order valence-electron chi connectivity index (χ1n) is 12.7. The molecule has 6 atom stereocenters. The van der Waals surface area contributed by atoms with Gasteiger partial charge in [-0.1, -0.05) is 71.3 Å². The summed E-state index contributed by atoms with van der Waals surface area (Å²) in [6.07, 6.45) is 14.7. The van der Waals surface area contributed by atoms with Crippen LogP contribution in [0.2, 0.25) is 0 Å². The van der Waals surface area contributed by atoms with E-state index in [0.717, 1.165) is 18.4 Å². The van der Waals surface area contributed by atoms with E-state index in [1.165, 1.54) is 25.7 Å². The van der Waals surface area contributed by atoms with Gasteiger partial charge in [0.05, 0.1) is 17.8 Å². The first-order valence-corrected chi connectivity index (χ1v) is 12.7. The second kappa shape index (κ2) is 10.5. The van der Waals surface area contributed by atoms with Crippen molar-refractivity contribution in [1.29, 1.82) is 0 Å². The Balaban J connectivity index is 1.95. The van der Waals surface area contributed by atoms with E-state index in [1.807, 2.05) is 13.8 Å². The Morgan fingerprint density at radius 1 is 1.10 bits per heavy atom. The van der Waals surface area contributed by atoms with Gasteiger partial charge >= 0.3 is 0 Å². The van der Waals surface area contributed by atoms with E-state index in [-0.39, 0.29) is 5.41 Å². The number of allylic oxidation sites excluding steroid dienone is 3. The summed E-state index contributed by atoms with van der Waals surface area (Å²) in [4.78, 5) is 0. The van der Waals surface area contributed by atoms with Crippen LogP contribution in [0.4, 0.5) is 0 Å². The van der Waals surface area contributed by atoms with Crippen molar-refractivity contribution in [3.63, 3.8) is 0 Å². The van der Waals surface area contributed by atoms with E-state index in [2.05, 4.69) is 52.8 Å². The van der Waals surface area contributed by atoms with Crippen LogP contribution in [0.25, 0.3) is 0 Å². The first-order chi connectivity index (χ1) is 14.2. The van der Waals surface area contributed by atoms with Crippen molar-refractivity contribution in [1.82, 2.24) is 0 Å². The highest BCUT2D eigenvalue weighted by Gasteiger charge is 2.52. The van der Waals surface area contributed by atoms with Gasteiger partial charge in [-0.05, 0) is 87.4 Å². The van der Waals surface area contributed by atoms with Crippen molar-refractivity contribution in [3.8, 4) is 0 Å². The summed E-state index contributed by atoms with van der Waals surface area (Å²) in [5, 5.41) is 29.8. The highest BCUT2D eigenvalue weighted by molar-refractivity contribution is 5.19. The van der Waals surface area contributed by atoms with Crippen molar-refractivity contribution in [3.05, 3.63) is 23.8 Å². The second-order valence-corrected chi connectivity index (χ2v) is 12.4. The molecular formula is C28H50O3. The smallest absolute Gasteiger partial charge is 0.0602 e. The predicted molar refractivity (Wildman–Crippen MR) is 131 cm³/mol. The zero-order valence-corrected chi connectivity index (χ0v) is 21.3. The third-order valence-electron chi connectivity index (χ3n) is 8.92. The molecule has 0 spiro atoms. The fourth-order valence-corrected chi connectivity index (χ4v) is 6.28. The van der Waals surface area contributed by atoms with Crippen LogP contribution in [0.15, 0.2) is 23.8 Å². The maximum atomic E-state index is 9.97. The van der Waals surface area contributed by atoms with Crippen LogP contribution >= 0.6 is 0 Å². The van der Waals surface area contributed by atoms with Gasteiger partial charge in [-0.3, -0.25) is 0 Å². The van der Waals surface area contributed by atoms with Crippen LogP contribution < -0.4 is 0 Å². The molecule has 0 bridgehead atoms. The van der Waals surface area contributed by atoms with Crippen molar-refractivity contribution in [2.75, 3.05) is 0 Å². The van der Waals surface area contributed by atoms with Gasteiger partial charge in [0.2, 0.25) is 0 Å². The van der Waals surface area contributed by atoms with Crippen LogP contribution in [0.5, 0.6) is 0 Å². The third kappa shape index (κ3) is 7.17. The van der Waals surface area contributed by atoms with E-state index < -0.39 is 17.8 Å². The fraction of sp³-hybridized carbons (Fsp3) is 0.857. The molecule has 180 valence electrons. The zero-order chi connectivity index (χ0) is 23.4. The number of rotatable bonds is 9. The lowest BCUT2D eigenvalue weighted by Gasteiger charge is -2.46. The Labute approximate surface area is 192 Å². The van der Waals surface area contributed by atoms with E-state index in [9.17, 15) is 15.3 Å². The minimum atomic E-state index is -0.548. The summed E-state index contributed by atoms with van der Waals surface area (Å²) >= 11 is 0.